The minimum absolute atomic E-state index is 0.494. The lowest BCUT2D eigenvalue weighted by atomic mass is 10.3. The Morgan fingerprint density at radius 3 is 2.71 bits per heavy atom. The molecule has 0 aliphatic carbocycles. The highest BCUT2D eigenvalue weighted by Crippen LogP contribution is 2.36. The first kappa shape index (κ1) is 17.2. The Hall–Kier alpha value is -2.91. The van der Waals surface area contributed by atoms with Gasteiger partial charge in [0.25, 0.3) is 0 Å². The van der Waals surface area contributed by atoms with Gasteiger partial charge in [-0.2, -0.15) is 0 Å². The fourth-order valence-corrected chi connectivity index (χ4v) is 5.05. The molecule has 0 aliphatic heterocycles. The maximum absolute atomic E-state index is 5.55. The predicted molar refractivity (Wildman–Crippen MR) is 107 cm³/mol. The molecule has 0 N–H and O–H groups in total. The molecule has 0 radical (unpaired) electrons. The first-order valence-corrected chi connectivity index (χ1v) is 10.3. The van der Waals surface area contributed by atoms with Crippen molar-refractivity contribution in [2.24, 2.45) is 0 Å². The molecule has 0 bridgehead atoms. The largest absolute Gasteiger partial charge is 0.467 e. The summed E-state index contributed by atoms with van der Waals surface area (Å²) in [4.78, 5) is 10.2. The Bertz CT molecular complexity index is 1240. The van der Waals surface area contributed by atoms with Crippen LogP contribution in [0.5, 0.6) is 0 Å². The van der Waals surface area contributed by atoms with Crippen LogP contribution in [0.25, 0.3) is 21.8 Å². The molecule has 0 spiro atoms. The van der Waals surface area contributed by atoms with E-state index in [1.165, 1.54) is 11.8 Å². The number of hydrogen-bond donors (Lipinski definition) is 0. The average molecular weight is 409 g/mol. The fraction of sp³-hybridized carbons (Fsp3) is 0.158. The summed E-state index contributed by atoms with van der Waals surface area (Å²) in [5, 5.41) is 13.5. The van der Waals surface area contributed by atoms with Crippen LogP contribution < -0.4 is 0 Å². The Morgan fingerprint density at radius 2 is 1.93 bits per heavy atom. The van der Waals surface area contributed by atoms with Crippen LogP contribution in [0.1, 0.15) is 17.1 Å². The van der Waals surface area contributed by atoms with Crippen LogP contribution in [0.4, 0.5) is 0 Å². The molecule has 5 rings (SSSR count). The molecule has 0 saturated heterocycles. The van der Waals surface area contributed by atoms with Crippen molar-refractivity contribution >= 4 is 33.3 Å². The summed E-state index contributed by atoms with van der Waals surface area (Å²) in [5.74, 6) is 2.85. The van der Waals surface area contributed by atoms with Crippen molar-refractivity contribution in [1.82, 2.24) is 24.7 Å². The molecule has 28 heavy (non-hydrogen) atoms. The fourth-order valence-electron chi connectivity index (χ4n) is 2.96. The summed E-state index contributed by atoms with van der Waals surface area (Å²) in [5.41, 5.74) is 1.16. The van der Waals surface area contributed by atoms with E-state index in [4.69, 9.17) is 8.83 Å². The summed E-state index contributed by atoms with van der Waals surface area (Å²) in [6, 6.07) is 7.49. The molecule has 5 aromatic heterocycles. The second-order valence-corrected chi connectivity index (χ2v) is 8.04. The number of thiophene rings is 1. The van der Waals surface area contributed by atoms with E-state index in [1.54, 1.807) is 23.9 Å². The quantitative estimate of drug-likeness (QED) is 0.380. The number of rotatable bonds is 5. The van der Waals surface area contributed by atoms with Crippen molar-refractivity contribution in [3.8, 4) is 11.6 Å². The van der Waals surface area contributed by atoms with Crippen LogP contribution in [-0.4, -0.2) is 24.7 Å². The van der Waals surface area contributed by atoms with Gasteiger partial charge in [0.15, 0.2) is 10.9 Å². The maximum atomic E-state index is 5.55. The Balaban J connectivity index is 1.62. The Labute approximate surface area is 168 Å². The third kappa shape index (κ3) is 3.02. The number of hydrogen-bond acceptors (Lipinski definition) is 8. The number of nitrogens with zero attached hydrogens (tertiary/aromatic N) is 5. The monoisotopic (exact) mass is 409 g/mol. The summed E-state index contributed by atoms with van der Waals surface area (Å²) in [6.45, 7) is 4.47. The van der Waals surface area contributed by atoms with E-state index in [-0.39, 0.29) is 0 Å². The van der Waals surface area contributed by atoms with Gasteiger partial charge in [-0.15, -0.1) is 21.5 Å². The molecule has 0 amide bonds. The standard InChI is InChI=1S/C19H15N5O2S2/c1-11-10-27-17-15(11)18(21-12(2)20-17)28-19-23-22-16(14-6-4-8-26-14)24(19)9-13-5-3-7-25-13/h3-8,10H,9H2,1-2H3. The lowest BCUT2D eigenvalue weighted by Gasteiger charge is -2.08. The van der Waals surface area contributed by atoms with Crippen LogP contribution in [0, 0.1) is 13.8 Å². The van der Waals surface area contributed by atoms with Gasteiger partial charge in [-0.05, 0) is 60.8 Å². The molecule has 0 fully saturated rings. The second-order valence-electron chi connectivity index (χ2n) is 6.23. The zero-order valence-corrected chi connectivity index (χ0v) is 16.8. The molecular formula is C19H15N5O2S2. The average Bonchev–Trinajstić information content (AvgIpc) is 3.45. The van der Waals surface area contributed by atoms with Crippen molar-refractivity contribution in [3.63, 3.8) is 0 Å². The van der Waals surface area contributed by atoms with Gasteiger partial charge in [0.2, 0.25) is 5.82 Å². The molecule has 0 atom stereocenters. The zero-order valence-electron chi connectivity index (χ0n) is 15.1. The predicted octanol–water partition coefficient (Wildman–Crippen LogP) is 4.95. The molecule has 5 heterocycles. The third-order valence-electron chi connectivity index (χ3n) is 4.24. The van der Waals surface area contributed by atoms with Gasteiger partial charge in [0.1, 0.15) is 21.4 Å². The van der Waals surface area contributed by atoms with E-state index in [2.05, 4.69) is 32.5 Å². The van der Waals surface area contributed by atoms with Gasteiger partial charge in [0, 0.05) is 5.39 Å². The van der Waals surface area contributed by atoms with E-state index in [0.717, 1.165) is 32.4 Å². The SMILES string of the molecule is Cc1nc(Sc2nnc(-c3ccco3)n2Cc2ccco2)c2c(C)csc2n1. The lowest BCUT2D eigenvalue weighted by Crippen LogP contribution is -2.03. The molecule has 0 saturated carbocycles. The smallest absolute Gasteiger partial charge is 0.200 e. The Kier molecular flexibility index (Phi) is 4.25. The van der Waals surface area contributed by atoms with Crippen LogP contribution in [0.3, 0.4) is 0 Å². The van der Waals surface area contributed by atoms with E-state index >= 15 is 0 Å². The van der Waals surface area contributed by atoms with Crippen LogP contribution in [-0.2, 0) is 6.54 Å². The summed E-state index contributed by atoms with van der Waals surface area (Å²) >= 11 is 3.10. The summed E-state index contributed by atoms with van der Waals surface area (Å²) in [7, 11) is 0. The van der Waals surface area contributed by atoms with Crippen LogP contribution in [0.2, 0.25) is 0 Å². The highest BCUT2D eigenvalue weighted by Gasteiger charge is 2.20. The van der Waals surface area contributed by atoms with Gasteiger partial charge in [-0.1, -0.05) is 0 Å². The molecule has 0 unspecified atom stereocenters. The zero-order chi connectivity index (χ0) is 19.1. The number of fused-ring (bicyclic) bond motifs is 1. The van der Waals surface area contributed by atoms with Crippen molar-refractivity contribution in [2.75, 3.05) is 0 Å². The highest BCUT2D eigenvalue weighted by atomic mass is 32.2. The molecule has 0 aliphatic rings. The molecule has 9 heteroatoms. The first-order valence-electron chi connectivity index (χ1n) is 8.59. The van der Waals surface area contributed by atoms with E-state index in [1.807, 2.05) is 35.8 Å². The minimum atomic E-state index is 0.494. The van der Waals surface area contributed by atoms with Gasteiger partial charge in [0.05, 0.1) is 19.1 Å². The van der Waals surface area contributed by atoms with Crippen molar-refractivity contribution in [2.45, 2.75) is 30.6 Å². The van der Waals surface area contributed by atoms with E-state index in [9.17, 15) is 0 Å². The highest BCUT2D eigenvalue weighted by molar-refractivity contribution is 7.99. The van der Waals surface area contributed by atoms with Gasteiger partial charge in [-0.25, -0.2) is 9.97 Å². The lowest BCUT2D eigenvalue weighted by molar-refractivity contribution is 0.482. The molecule has 140 valence electrons. The van der Waals surface area contributed by atoms with Gasteiger partial charge < -0.3 is 8.83 Å². The number of aromatic nitrogens is 5. The molecule has 0 aromatic carbocycles. The second kappa shape index (κ2) is 6.92. The van der Waals surface area contributed by atoms with Crippen LogP contribution >= 0.6 is 23.1 Å². The molecule has 5 aromatic rings. The normalized spacial score (nSPS) is 11.5. The van der Waals surface area contributed by atoms with Crippen molar-refractivity contribution < 1.29 is 8.83 Å². The third-order valence-corrected chi connectivity index (χ3v) is 6.20. The van der Waals surface area contributed by atoms with Crippen molar-refractivity contribution in [3.05, 3.63) is 59.3 Å². The minimum Gasteiger partial charge on any atom is -0.467 e. The number of aryl methyl sites for hydroxylation is 2. The van der Waals surface area contributed by atoms with E-state index in [0.29, 0.717) is 23.3 Å². The van der Waals surface area contributed by atoms with E-state index < -0.39 is 0 Å². The van der Waals surface area contributed by atoms with Crippen LogP contribution in [0.15, 0.2) is 61.2 Å². The van der Waals surface area contributed by atoms with Gasteiger partial charge in [-0.3, -0.25) is 4.57 Å². The molecule has 7 nitrogen and oxygen atoms in total. The summed E-state index contributed by atoms with van der Waals surface area (Å²) in [6.07, 6.45) is 3.28. The number of furan rings is 2. The first-order chi connectivity index (χ1) is 13.7. The molecular weight excluding hydrogens is 394 g/mol. The Morgan fingerprint density at radius 1 is 1.07 bits per heavy atom. The topological polar surface area (TPSA) is 82.8 Å². The maximum Gasteiger partial charge on any atom is 0.200 e. The van der Waals surface area contributed by atoms with Gasteiger partial charge >= 0.3 is 0 Å². The summed E-state index contributed by atoms with van der Waals surface area (Å²) < 4.78 is 13.1. The van der Waals surface area contributed by atoms with Crippen molar-refractivity contribution in [1.29, 1.82) is 0 Å².